The Kier molecular flexibility index (Phi) is 6.89. The van der Waals surface area contributed by atoms with Crippen molar-refractivity contribution < 1.29 is 4.79 Å². The Balaban J connectivity index is 0.000000424. The van der Waals surface area contributed by atoms with Crippen molar-refractivity contribution in [3.05, 3.63) is 35.9 Å². The van der Waals surface area contributed by atoms with E-state index >= 15 is 0 Å². The van der Waals surface area contributed by atoms with Crippen molar-refractivity contribution >= 4 is 5.78 Å². The number of ketones is 1. The average Bonchev–Trinajstić information content (AvgIpc) is 2.19. The van der Waals surface area contributed by atoms with E-state index in [-0.39, 0.29) is 5.78 Å². The quantitative estimate of drug-likeness (QED) is 0.631. The highest BCUT2D eigenvalue weighted by Crippen LogP contribution is 2.01. The maximum Gasteiger partial charge on any atom is 0.162 e. The maximum absolute atomic E-state index is 11.0. The molecule has 1 nitrogen and oxygen atoms in total. The molecule has 0 saturated heterocycles. The highest BCUT2D eigenvalue weighted by molar-refractivity contribution is 5.95. The molecule has 0 aliphatic rings. The summed E-state index contributed by atoms with van der Waals surface area (Å²) in [7, 11) is 0. The van der Waals surface area contributed by atoms with Gasteiger partial charge >= 0.3 is 0 Å². The van der Waals surface area contributed by atoms with E-state index in [0.29, 0.717) is 6.42 Å². The predicted octanol–water partition coefficient (Wildman–Crippen LogP) is 3.70. The molecule has 1 rings (SSSR count). The minimum Gasteiger partial charge on any atom is -0.294 e. The minimum absolute atomic E-state index is 0.209. The molecule has 1 aromatic carbocycles. The van der Waals surface area contributed by atoms with Gasteiger partial charge in [0, 0.05) is 12.0 Å². The zero-order chi connectivity index (χ0) is 10.1. The van der Waals surface area contributed by atoms with Gasteiger partial charge in [-0.25, -0.2) is 0 Å². The van der Waals surface area contributed by atoms with Gasteiger partial charge in [0.1, 0.15) is 0 Å². The van der Waals surface area contributed by atoms with Crippen LogP contribution in [0.1, 0.15) is 44.0 Å². The molecule has 0 spiro atoms. The monoisotopic (exact) mass is 178 g/mol. The van der Waals surface area contributed by atoms with Crippen molar-refractivity contribution in [1.82, 2.24) is 0 Å². The third-order valence-electron chi connectivity index (χ3n) is 1.42. The van der Waals surface area contributed by atoms with Crippen molar-refractivity contribution in [2.24, 2.45) is 0 Å². The fourth-order valence-corrected chi connectivity index (χ4v) is 0.828. The first-order valence-electron chi connectivity index (χ1n) is 4.84. The average molecular weight is 178 g/mol. The molecule has 72 valence electrons. The summed E-state index contributed by atoms with van der Waals surface area (Å²) in [6, 6.07) is 9.34. The zero-order valence-corrected chi connectivity index (χ0v) is 8.71. The lowest BCUT2D eigenvalue weighted by Crippen LogP contribution is -1.94. The van der Waals surface area contributed by atoms with Crippen LogP contribution in [0.4, 0.5) is 0 Å². The first-order chi connectivity index (χ1) is 6.26. The highest BCUT2D eigenvalue weighted by Gasteiger charge is 1.98. The molecular weight excluding hydrogens is 160 g/mol. The summed E-state index contributed by atoms with van der Waals surface area (Å²) in [4.78, 5) is 11.0. The molecule has 0 bridgehead atoms. The molecule has 0 aliphatic carbocycles. The molecule has 0 atom stereocenters. The normalized spacial score (nSPS) is 8.54. The summed E-state index contributed by atoms with van der Waals surface area (Å²) in [5.74, 6) is 0.209. The molecule has 0 N–H and O–H groups in total. The molecule has 13 heavy (non-hydrogen) atoms. The van der Waals surface area contributed by atoms with Gasteiger partial charge in [0.15, 0.2) is 5.78 Å². The second kappa shape index (κ2) is 7.53. The summed E-state index contributed by atoms with van der Waals surface area (Å²) < 4.78 is 0. The summed E-state index contributed by atoms with van der Waals surface area (Å²) in [5.41, 5.74) is 0.810. The molecule has 0 amide bonds. The van der Waals surface area contributed by atoms with E-state index in [1.165, 1.54) is 6.42 Å². The molecule has 0 radical (unpaired) electrons. The maximum atomic E-state index is 11.0. The predicted molar refractivity (Wildman–Crippen MR) is 57.0 cm³/mol. The van der Waals surface area contributed by atoms with E-state index in [9.17, 15) is 4.79 Å². The molecule has 1 heteroatoms. The highest BCUT2D eigenvalue weighted by atomic mass is 16.1. The van der Waals surface area contributed by atoms with Crippen LogP contribution in [0.3, 0.4) is 0 Å². The Morgan fingerprint density at radius 1 is 1.08 bits per heavy atom. The fraction of sp³-hybridized carbons (Fsp3) is 0.417. The van der Waals surface area contributed by atoms with Crippen molar-refractivity contribution in [3.63, 3.8) is 0 Å². The van der Waals surface area contributed by atoms with Gasteiger partial charge < -0.3 is 0 Å². The number of benzene rings is 1. The summed E-state index contributed by atoms with van der Waals surface area (Å²) in [6.45, 7) is 6.12. The van der Waals surface area contributed by atoms with Crippen LogP contribution >= 0.6 is 0 Å². The number of Topliss-reactive ketones (excluding diaryl/α,β-unsaturated/α-hetero) is 1. The van der Waals surface area contributed by atoms with E-state index in [1.54, 1.807) is 0 Å². The van der Waals surface area contributed by atoms with Crippen molar-refractivity contribution in [1.29, 1.82) is 0 Å². The molecule has 0 saturated carbocycles. The van der Waals surface area contributed by atoms with Crippen LogP contribution in [0, 0.1) is 0 Å². The molecule has 0 heterocycles. The molecule has 0 aromatic heterocycles. The Labute approximate surface area is 80.8 Å². The lowest BCUT2D eigenvalue weighted by Gasteiger charge is -1.93. The number of carbonyl (C=O) groups is 1. The largest absolute Gasteiger partial charge is 0.294 e. The van der Waals surface area contributed by atoms with Crippen LogP contribution in [-0.4, -0.2) is 5.78 Å². The summed E-state index contributed by atoms with van der Waals surface area (Å²) in [6.07, 6.45) is 1.84. The molecule has 0 aliphatic heterocycles. The van der Waals surface area contributed by atoms with E-state index in [0.717, 1.165) is 5.56 Å². The van der Waals surface area contributed by atoms with Crippen LogP contribution in [0.2, 0.25) is 0 Å². The van der Waals surface area contributed by atoms with Gasteiger partial charge in [-0.3, -0.25) is 4.79 Å². The molecular formula is C12H18O. The van der Waals surface area contributed by atoms with Crippen molar-refractivity contribution in [2.45, 2.75) is 33.6 Å². The Bertz CT molecular complexity index is 226. The second-order valence-corrected chi connectivity index (χ2v) is 2.85. The van der Waals surface area contributed by atoms with E-state index in [4.69, 9.17) is 0 Å². The second-order valence-electron chi connectivity index (χ2n) is 2.85. The number of hydrogen-bond donors (Lipinski definition) is 0. The minimum atomic E-state index is 0.209. The SMILES string of the molecule is CCC.CCC(=O)c1ccccc1. The standard InChI is InChI=1S/C9H10O.C3H8/c1-2-9(10)8-6-4-3-5-7-8;1-3-2/h3-7H,2H2,1H3;3H2,1-2H3. The van der Waals surface area contributed by atoms with E-state index < -0.39 is 0 Å². The Morgan fingerprint density at radius 3 is 1.92 bits per heavy atom. The third kappa shape index (κ3) is 5.18. The van der Waals surface area contributed by atoms with E-state index in [2.05, 4.69) is 13.8 Å². The topological polar surface area (TPSA) is 17.1 Å². The van der Waals surface area contributed by atoms with Crippen LogP contribution in [0.25, 0.3) is 0 Å². The van der Waals surface area contributed by atoms with Gasteiger partial charge in [0.2, 0.25) is 0 Å². The van der Waals surface area contributed by atoms with Crippen LogP contribution in [0.5, 0.6) is 0 Å². The third-order valence-corrected chi connectivity index (χ3v) is 1.42. The molecule has 0 fully saturated rings. The number of carbonyl (C=O) groups excluding carboxylic acids is 1. The number of rotatable bonds is 2. The van der Waals surface area contributed by atoms with Gasteiger partial charge in [-0.15, -0.1) is 0 Å². The smallest absolute Gasteiger partial charge is 0.162 e. The van der Waals surface area contributed by atoms with Crippen LogP contribution < -0.4 is 0 Å². The Hall–Kier alpha value is -1.11. The summed E-state index contributed by atoms with van der Waals surface area (Å²) in [5, 5.41) is 0. The lowest BCUT2D eigenvalue weighted by atomic mass is 10.1. The van der Waals surface area contributed by atoms with Gasteiger partial charge in [-0.1, -0.05) is 57.5 Å². The first kappa shape index (κ1) is 11.9. The Morgan fingerprint density at radius 2 is 1.54 bits per heavy atom. The van der Waals surface area contributed by atoms with Gasteiger partial charge in [-0.2, -0.15) is 0 Å². The molecule has 1 aromatic rings. The first-order valence-corrected chi connectivity index (χ1v) is 4.84. The van der Waals surface area contributed by atoms with Crippen LogP contribution in [0.15, 0.2) is 30.3 Å². The van der Waals surface area contributed by atoms with Gasteiger partial charge in [0.25, 0.3) is 0 Å². The summed E-state index contributed by atoms with van der Waals surface area (Å²) >= 11 is 0. The zero-order valence-electron chi connectivity index (χ0n) is 8.71. The van der Waals surface area contributed by atoms with Crippen molar-refractivity contribution in [2.75, 3.05) is 0 Å². The van der Waals surface area contributed by atoms with Crippen molar-refractivity contribution in [3.8, 4) is 0 Å². The van der Waals surface area contributed by atoms with Gasteiger partial charge in [0.05, 0.1) is 0 Å². The number of hydrogen-bond acceptors (Lipinski definition) is 1. The lowest BCUT2D eigenvalue weighted by molar-refractivity contribution is 0.0988. The van der Waals surface area contributed by atoms with Gasteiger partial charge in [-0.05, 0) is 0 Å². The van der Waals surface area contributed by atoms with E-state index in [1.807, 2.05) is 37.3 Å². The fourth-order valence-electron chi connectivity index (χ4n) is 0.828. The van der Waals surface area contributed by atoms with Crippen LogP contribution in [-0.2, 0) is 0 Å². The molecule has 0 unspecified atom stereocenters.